The van der Waals surface area contributed by atoms with Gasteiger partial charge in [0.2, 0.25) is 10.0 Å². The standard InChI is InChI=1S/C25H24FN5O3S/c1-15-7-23-17(11-28-31(23)20-5-3-19(26)4-6-20)8-22(15)25-10-21(32)9-18(25)13-30(14-25)35(33,34)24-12-27-29-16(24)2/h3-8,11-12,18H,9-10,13-14H2,1-2H3,(H,27,29). The summed E-state index contributed by atoms with van der Waals surface area (Å²) in [7, 11) is -3.74. The van der Waals surface area contributed by atoms with E-state index >= 15 is 0 Å². The number of carbonyl (C=O) groups excluding carboxylic acids is 1. The first-order valence-electron chi connectivity index (χ1n) is 11.5. The van der Waals surface area contributed by atoms with Crippen LogP contribution >= 0.6 is 0 Å². The van der Waals surface area contributed by atoms with Crippen molar-refractivity contribution >= 4 is 26.7 Å². The second-order valence-corrected chi connectivity index (χ2v) is 11.6. The predicted molar refractivity (Wildman–Crippen MR) is 127 cm³/mol. The van der Waals surface area contributed by atoms with Crippen molar-refractivity contribution in [3.63, 3.8) is 0 Å². The molecule has 0 amide bonds. The molecule has 8 nitrogen and oxygen atoms in total. The number of nitrogens with zero attached hydrogens (tertiary/aromatic N) is 4. The van der Waals surface area contributed by atoms with Gasteiger partial charge in [-0.05, 0) is 67.3 Å². The van der Waals surface area contributed by atoms with Crippen molar-refractivity contribution in [1.82, 2.24) is 24.3 Å². The van der Waals surface area contributed by atoms with Crippen molar-refractivity contribution in [2.75, 3.05) is 13.1 Å². The summed E-state index contributed by atoms with van der Waals surface area (Å²) in [6, 6.07) is 10.2. The van der Waals surface area contributed by atoms with Gasteiger partial charge in [0.25, 0.3) is 0 Å². The number of aromatic amines is 1. The van der Waals surface area contributed by atoms with E-state index in [2.05, 4.69) is 15.3 Å². The fourth-order valence-corrected chi connectivity index (χ4v) is 7.59. The number of Topliss-reactive ketones (excluding diaryl/α,β-unsaturated/α-hetero) is 1. The number of hydrogen-bond acceptors (Lipinski definition) is 5. The maximum absolute atomic E-state index is 13.4. The summed E-state index contributed by atoms with van der Waals surface area (Å²) in [5.41, 5.74) is 3.48. The molecule has 1 saturated heterocycles. The average molecular weight is 494 g/mol. The molecule has 2 unspecified atom stereocenters. The van der Waals surface area contributed by atoms with Gasteiger partial charge in [0, 0.05) is 36.7 Å². The fourth-order valence-electron chi connectivity index (χ4n) is 5.91. The van der Waals surface area contributed by atoms with Crippen LogP contribution in [0, 0.1) is 25.6 Å². The summed E-state index contributed by atoms with van der Waals surface area (Å²) in [6.07, 6.45) is 3.77. The number of ketones is 1. The van der Waals surface area contributed by atoms with Crippen LogP contribution < -0.4 is 0 Å². The SMILES string of the molecule is Cc1cc2c(cnn2-c2ccc(F)cc2)cc1C12CC(=O)CC1CN(S(=O)(=O)c1cn[nH]c1C)C2. The maximum atomic E-state index is 13.4. The molecule has 0 radical (unpaired) electrons. The average Bonchev–Trinajstić information content (AvgIpc) is 3.56. The highest BCUT2D eigenvalue weighted by molar-refractivity contribution is 7.89. The number of H-pyrrole nitrogens is 1. The van der Waals surface area contributed by atoms with Crippen LogP contribution in [0.1, 0.15) is 29.7 Å². The molecule has 2 aromatic carbocycles. The second kappa shape index (κ2) is 7.56. The van der Waals surface area contributed by atoms with Gasteiger partial charge in [0.1, 0.15) is 16.5 Å². The van der Waals surface area contributed by atoms with E-state index in [9.17, 15) is 17.6 Å². The summed E-state index contributed by atoms with van der Waals surface area (Å²) in [4.78, 5) is 12.8. The lowest BCUT2D eigenvalue weighted by atomic mass is 9.72. The van der Waals surface area contributed by atoms with Crippen molar-refractivity contribution in [2.24, 2.45) is 5.92 Å². The summed E-state index contributed by atoms with van der Waals surface area (Å²) in [6.45, 7) is 4.22. The van der Waals surface area contributed by atoms with E-state index in [0.29, 0.717) is 25.1 Å². The Bertz CT molecular complexity index is 1590. The molecule has 2 fully saturated rings. The monoisotopic (exact) mass is 493 g/mol. The number of fused-ring (bicyclic) bond motifs is 2. The molecule has 1 saturated carbocycles. The Morgan fingerprint density at radius 1 is 1.14 bits per heavy atom. The molecule has 2 atom stereocenters. The molecule has 2 aliphatic rings. The number of nitrogens with one attached hydrogen (secondary N) is 1. The Hall–Kier alpha value is -3.37. The molecule has 3 heterocycles. The minimum atomic E-state index is -3.74. The molecule has 1 N–H and O–H groups in total. The third kappa shape index (κ3) is 3.27. The minimum absolute atomic E-state index is 0.0970. The van der Waals surface area contributed by atoms with Gasteiger partial charge in [-0.2, -0.15) is 14.5 Å². The van der Waals surface area contributed by atoms with Crippen LogP contribution in [0.4, 0.5) is 4.39 Å². The van der Waals surface area contributed by atoms with Crippen LogP contribution in [0.25, 0.3) is 16.6 Å². The maximum Gasteiger partial charge on any atom is 0.246 e. The van der Waals surface area contributed by atoms with Gasteiger partial charge in [-0.25, -0.2) is 17.5 Å². The lowest BCUT2D eigenvalue weighted by Gasteiger charge is -2.30. The Morgan fingerprint density at radius 3 is 2.63 bits per heavy atom. The third-order valence-electron chi connectivity index (χ3n) is 7.57. The molecule has 6 rings (SSSR count). The molecule has 4 aromatic rings. The lowest BCUT2D eigenvalue weighted by Crippen LogP contribution is -2.35. The summed E-state index contributed by atoms with van der Waals surface area (Å²) in [5.74, 6) is -0.251. The Balaban J connectivity index is 1.44. The fraction of sp³-hybridized carbons (Fsp3) is 0.320. The van der Waals surface area contributed by atoms with Crippen LogP contribution in [0.5, 0.6) is 0 Å². The van der Waals surface area contributed by atoms with Gasteiger partial charge in [0.05, 0.1) is 29.3 Å². The molecular formula is C25H24FN5O3S. The van der Waals surface area contributed by atoms with Gasteiger partial charge in [-0.15, -0.1) is 0 Å². The van der Waals surface area contributed by atoms with E-state index in [-0.39, 0.29) is 29.0 Å². The lowest BCUT2D eigenvalue weighted by molar-refractivity contribution is -0.118. The first kappa shape index (κ1) is 22.1. The van der Waals surface area contributed by atoms with E-state index in [1.54, 1.807) is 29.9 Å². The highest BCUT2D eigenvalue weighted by Crippen LogP contribution is 2.51. The van der Waals surface area contributed by atoms with E-state index in [1.165, 1.54) is 22.6 Å². The largest absolute Gasteiger partial charge is 0.300 e. The number of carbonyl (C=O) groups is 1. The molecule has 1 aliphatic carbocycles. The van der Waals surface area contributed by atoms with Crippen molar-refractivity contribution < 1.29 is 17.6 Å². The summed E-state index contributed by atoms with van der Waals surface area (Å²) < 4.78 is 43.5. The molecule has 10 heteroatoms. The molecule has 180 valence electrons. The van der Waals surface area contributed by atoms with Crippen LogP contribution in [0.3, 0.4) is 0 Å². The summed E-state index contributed by atoms with van der Waals surface area (Å²) in [5, 5.41) is 12.0. The molecule has 0 bridgehead atoms. The van der Waals surface area contributed by atoms with Gasteiger partial charge in [-0.3, -0.25) is 9.89 Å². The van der Waals surface area contributed by atoms with Crippen molar-refractivity contribution in [1.29, 1.82) is 0 Å². The third-order valence-corrected chi connectivity index (χ3v) is 9.50. The van der Waals surface area contributed by atoms with Crippen LogP contribution in [-0.2, 0) is 20.2 Å². The smallest absolute Gasteiger partial charge is 0.246 e. The van der Waals surface area contributed by atoms with E-state index in [0.717, 1.165) is 27.7 Å². The molecular weight excluding hydrogens is 469 g/mol. The number of rotatable bonds is 4. The predicted octanol–water partition coefficient (Wildman–Crippen LogP) is 3.43. The normalized spacial score (nSPS) is 22.8. The topological polar surface area (TPSA) is 101 Å². The zero-order chi connectivity index (χ0) is 24.5. The summed E-state index contributed by atoms with van der Waals surface area (Å²) >= 11 is 0. The number of halogens is 1. The Kier molecular flexibility index (Phi) is 4.78. The zero-order valence-corrected chi connectivity index (χ0v) is 20.1. The zero-order valence-electron chi connectivity index (χ0n) is 19.3. The van der Waals surface area contributed by atoms with Gasteiger partial charge >= 0.3 is 0 Å². The molecule has 0 spiro atoms. The van der Waals surface area contributed by atoms with Gasteiger partial charge in [-0.1, -0.05) is 0 Å². The highest BCUT2D eigenvalue weighted by Gasteiger charge is 2.56. The first-order chi connectivity index (χ1) is 16.7. The van der Waals surface area contributed by atoms with Gasteiger partial charge < -0.3 is 0 Å². The number of benzene rings is 2. The van der Waals surface area contributed by atoms with Crippen LogP contribution in [-0.4, -0.2) is 51.6 Å². The molecule has 2 aromatic heterocycles. The highest BCUT2D eigenvalue weighted by atomic mass is 32.2. The van der Waals surface area contributed by atoms with Gasteiger partial charge in [0.15, 0.2) is 0 Å². The second-order valence-electron chi connectivity index (χ2n) is 9.69. The Labute approximate surface area is 201 Å². The van der Waals surface area contributed by atoms with E-state index in [4.69, 9.17) is 0 Å². The number of hydrogen-bond donors (Lipinski definition) is 1. The van der Waals surface area contributed by atoms with E-state index in [1.807, 2.05) is 19.1 Å². The van der Waals surface area contributed by atoms with Crippen LogP contribution in [0.15, 0.2) is 53.7 Å². The number of sulfonamides is 1. The number of aromatic nitrogens is 4. The van der Waals surface area contributed by atoms with E-state index < -0.39 is 15.4 Å². The van der Waals surface area contributed by atoms with Crippen molar-refractivity contribution in [2.45, 2.75) is 37.0 Å². The number of aryl methyl sites for hydroxylation is 2. The van der Waals surface area contributed by atoms with Crippen molar-refractivity contribution in [3.05, 3.63) is 71.4 Å². The van der Waals surface area contributed by atoms with Crippen LogP contribution in [0.2, 0.25) is 0 Å². The molecule has 35 heavy (non-hydrogen) atoms. The Morgan fingerprint density at radius 2 is 1.91 bits per heavy atom. The quantitative estimate of drug-likeness (QED) is 0.470. The minimum Gasteiger partial charge on any atom is -0.300 e. The molecule has 1 aliphatic heterocycles. The first-order valence-corrected chi connectivity index (χ1v) is 12.9. The van der Waals surface area contributed by atoms with Crippen molar-refractivity contribution in [3.8, 4) is 5.69 Å².